The van der Waals surface area contributed by atoms with E-state index in [1.807, 2.05) is 30.5 Å². The van der Waals surface area contributed by atoms with Crippen LogP contribution < -0.4 is 5.73 Å². The van der Waals surface area contributed by atoms with Gasteiger partial charge in [0.05, 0.1) is 6.61 Å². The number of aliphatic hydroxyl groups is 1. The Hall–Kier alpha value is -1.88. The second-order valence-electron chi connectivity index (χ2n) is 6.13. The minimum absolute atomic E-state index is 0.00641. The molecule has 2 aromatic heterocycles. The summed E-state index contributed by atoms with van der Waals surface area (Å²) in [6.07, 6.45) is 6.31. The molecule has 2 rings (SSSR count). The van der Waals surface area contributed by atoms with Crippen LogP contribution in [-0.4, -0.2) is 26.3 Å². The number of hydrogen-bond acceptors (Lipinski definition) is 4. The number of allylic oxidation sites excluding steroid dienone is 1. The van der Waals surface area contributed by atoms with Gasteiger partial charge in [0.1, 0.15) is 11.8 Å². The smallest absolute Gasteiger partial charge is 0.151 e. The SMILES string of the molecule is C/C=C/C(C)(CO)c1cc(CC(C)C)n2ncnc(N)c12. The second kappa shape index (κ2) is 5.85. The van der Waals surface area contributed by atoms with Crippen LogP contribution in [0.15, 0.2) is 24.5 Å². The average molecular weight is 288 g/mol. The van der Waals surface area contributed by atoms with E-state index in [4.69, 9.17) is 5.73 Å². The normalized spacial score (nSPS) is 15.1. The Labute approximate surface area is 125 Å². The number of anilines is 1. The van der Waals surface area contributed by atoms with Crippen molar-refractivity contribution in [3.05, 3.63) is 35.8 Å². The van der Waals surface area contributed by atoms with Crippen molar-refractivity contribution < 1.29 is 5.11 Å². The largest absolute Gasteiger partial charge is 0.395 e. The molecule has 0 amide bonds. The Kier molecular flexibility index (Phi) is 4.32. The summed E-state index contributed by atoms with van der Waals surface area (Å²) < 4.78 is 1.86. The lowest BCUT2D eigenvalue weighted by Crippen LogP contribution is -2.24. The molecule has 2 heterocycles. The molecule has 0 radical (unpaired) electrons. The highest BCUT2D eigenvalue weighted by Gasteiger charge is 2.29. The molecule has 0 aliphatic heterocycles. The number of nitrogen functional groups attached to an aromatic ring is 1. The maximum absolute atomic E-state index is 9.87. The van der Waals surface area contributed by atoms with Gasteiger partial charge in [0, 0.05) is 11.1 Å². The second-order valence-corrected chi connectivity index (χ2v) is 6.13. The molecule has 5 nitrogen and oxygen atoms in total. The van der Waals surface area contributed by atoms with Gasteiger partial charge >= 0.3 is 0 Å². The predicted molar refractivity (Wildman–Crippen MR) is 85.2 cm³/mol. The van der Waals surface area contributed by atoms with Crippen LogP contribution in [-0.2, 0) is 11.8 Å². The highest BCUT2D eigenvalue weighted by Crippen LogP contribution is 2.33. The van der Waals surface area contributed by atoms with E-state index in [-0.39, 0.29) is 6.61 Å². The Morgan fingerprint density at radius 1 is 1.48 bits per heavy atom. The molecular formula is C16H24N4O. The van der Waals surface area contributed by atoms with Crippen molar-refractivity contribution in [3.8, 4) is 0 Å². The molecule has 114 valence electrons. The van der Waals surface area contributed by atoms with Crippen molar-refractivity contribution in [2.45, 2.75) is 39.5 Å². The van der Waals surface area contributed by atoms with Gasteiger partial charge in [-0.15, -0.1) is 0 Å². The van der Waals surface area contributed by atoms with Crippen molar-refractivity contribution >= 4 is 11.3 Å². The van der Waals surface area contributed by atoms with Gasteiger partial charge < -0.3 is 10.8 Å². The summed E-state index contributed by atoms with van der Waals surface area (Å²) in [7, 11) is 0. The van der Waals surface area contributed by atoms with Crippen LogP contribution in [0.4, 0.5) is 5.82 Å². The number of aliphatic hydroxyl groups excluding tert-OH is 1. The molecule has 1 atom stereocenters. The number of nitrogens with zero attached hydrogens (tertiary/aromatic N) is 3. The standard InChI is InChI=1S/C16H24N4O/c1-5-6-16(4,9-21)13-8-12(7-11(2)3)20-14(13)15(17)18-10-19-20/h5-6,8,10-11,21H,7,9H2,1-4H3,(H2,17,18,19)/b6-5+. The highest BCUT2D eigenvalue weighted by molar-refractivity contribution is 5.73. The molecule has 5 heteroatoms. The lowest BCUT2D eigenvalue weighted by atomic mass is 9.83. The van der Waals surface area contributed by atoms with Crippen LogP contribution in [0.25, 0.3) is 5.52 Å². The minimum atomic E-state index is -0.492. The van der Waals surface area contributed by atoms with Gasteiger partial charge in [-0.3, -0.25) is 0 Å². The third-order valence-corrected chi connectivity index (χ3v) is 3.75. The van der Waals surface area contributed by atoms with Crippen LogP contribution in [0.3, 0.4) is 0 Å². The van der Waals surface area contributed by atoms with Gasteiger partial charge in [-0.05, 0) is 37.8 Å². The monoisotopic (exact) mass is 288 g/mol. The molecule has 0 saturated carbocycles. The quantitative estimate of drug-likeness (QED) is 0.828. The molecule has 0 spiro atoms. The van der Waals surface area contributed by atoms with Crippen LogP contribution in [0.5, 0.6) is 0 Å². The van der Waals surface area contributed by atoms with Crippen molar-refractivity contribution in [2.24, 2.45) is 5.92 Å². The lowest BCUT2D eigenvalue weighted by Gasteiger charge is -2.23. The van der Waals surface area contributed by atoms with Gasteiger partial charge in [0.15, 0.2) is 5.82 Å². The number of nitrogens with two attached hydrogens (primary N) is 1. The van der Waals surface area contributed by atoms with E-state index >= 15 is 0 Å². The Morgan fingerprint density at radius 2 is 2.19 bits per heavy atom. The molecular weight excluding hydrogens is 264 g/mol. The molecule has 0 bridgehead atoms. The molecule has 0 aliphatic carbocycles. The summed E-state index contributed by atoms with van der Waals surface area (Å²) in [5.74, 6) is 0.952. The van der Waals surface area contributed by atoms with Crippen LogP contribution in [0.2, 0.25) is 0 Å². The van der Waals surface area contributed by atoms with Crippen molar-refractivity contribution in [3.63, 3.8) is 0 Å². The molecule has 1 unspecified atom stereocenters. The van der Waals surface area contributed by atoms with Gasteiger partial charge in [-0.25, -0.2) is 9.50 Å². The highest BCUT2D eigenvalue weighted by atomic mass is 16.3. The fourth-order valence-electron chi connectivity index (χ4n) is 2.73. The summed E-state index contributed by atoms with van der Waals surface area (Å²) in [5, 5.41) is 14.2. The maximum Gasteiger partial charge on any atom is 0.151 e. The van der Waals surface area contributed by atoms with Gasteiger partial charge in [-0.2, -0.15) is 5.10 Å². The average Bonchev–Trinajstić information content (AvgIpc) is 2.79. The third-order valence-electron chi connectivity index (χ3n) is 3.75. The number of fused-ring (bicyclic) bond motifs is 1. The van der Waals surface area contributed by atoms with Gasteiger partial charge in [-0.1, -0.05) is 26.0 Å². The molecule has 3 N–H and O–H groups in total. The first-order valence-electron chi connectivity index (χ1n) is 7.29. The van der Waals surface area contributed by atoms with Crippen LogP contribution >= 0.6 is 0 Å². The molecule has 0 aromatic carbocycles. The van der Waals surface area contributed by atoms with Gasteiger partial charge in [0.2, 0.25) is 0 Å². The minimum Gasteiger partial charge on any atom is -0.395 e. The van der Waals surface area contributed by atoms with E-state index in [1.54, 1.807) is 0 Å². The topological polar surface area (TPSA) is 76.4 Å². The Morgan fingerprint density at radius 3 is 2.76 bits per heavy atom. The van der Waals surface area contributed by atoms with Crippen molar-refractivity contribution in [2.75, 3.05) is 12.3 Å². The summed E-state index contributed by atoms with van der Waals surface area (Å²) >= 11 is 0. The molecule has 21 heavy (non-hydrogen) atoms. The zero-order valence-electron chi connectivity index (χ0n) is 13.2. The maximum atomic E-state index is 9.87. The summed E-state index contributed by atoms with van der Waals surface area (Å²) in [6.45, 7) is 8.28. The first kappa shape index (κ1) is 15.5. The summed E-state index contributed by atoms with van der Waals surface area (Å²) in [6, 6.07) is 2.09. The van der Waals surface area contributed by atoms with E-state index in [9.17, 15) is 5.11 Å². The molecule has 0 aliphatic rings. The fourth-order valence-corrected chi connectivity index (χ4v) is 2.73. The zero-order valence-corrected chi connectivity index (χ0v) is 13.2. The fraction of sp³-hybridized carbons (Fsp3) is 0.500. The molecule has 2 aromatic rings. The van der Waals surface area contributed by atoms with E-state index in [2.05, 4.69) is 30.0 Å². The third kappa shape index (κ3) is 2.78. The van der Waals surface area contributed by atoms with E-state index in [0.29, 0.717) is 11.7 Å². The van der Waals surface area contributed by atoms with E-state index < -0.39 is 5.41 Å². The number of aromatic nitrogens is 3. The predicted octanol–water partition coefficient (Wildman–Crippen LogP) is 2.34. The number of hydrogen-bond donors (Lipinski definition) is 2. The van der Waals surface area contributed by atoms with Crippen molar-refractivity contribution in [1.29, 1.82) is 0 Å². The first-order valence-corrected chi connectivity index (χ1v) is 7.29. The lowest BCUT2D eigenvalue weighted by molar-refractivity contribution is 0.237. The molecule has 0 fully saturated rings. The van der Waals surface area contributed by atoms with Crippen LogP contribution in [0, 0.1) is 5.92 Å². The van der Waals surface area contributed by atoms with E-state index in [1.165, 1.54) is 6.33 Å². The van der Waals surface area contributed by atoms with E-state index in [0.717, 1.165) is 23.2 Å². The molecule has 0 saturated heterocycles. The Bertz CT molecular complexity index is 660. The Balaban J connectivity index is 2.74. The summed E-state index contributed by atoms with van der Waals surface area (Å²) in [5.41, 5.74) is 8.43. The summed E-state index contributed by atoms with van der Waals surface area (Å²) in [4.78, 5) is 4.11. The first-order chi connectivity index (χ1) is 9.92. The van der Waals surface area contributed by atoms with Crippen LogP contribution in [0.1, 0.15) is 39.0 Å². The van der Waals surface area contributed by atoms with Crippen molar-refractivity contribution in [1.82, 2.24) is 14.6 Å². The van der Waals surface area contributed by atoms with Gasteiger partial charge in [0.25, 0.3) is 0 Å². The number of rotatable bonds is 5. The zero-order chi connectivity index (χ0) is 15.6.